The molecule has 1 heterocycles. The fourth-order valence-corrected chi connectivity index (χ4v) is 2.33. The molecule has 0 fully saturated rings. The van der Waals surface area contributed by atoms with Gasteiger partial charge in [-0.15, -0.1) is 0 Å². The zero-order chi connectivity index (χ0) is 13.8. The lowest BCUT2D eigenvalue weighted by atomic mass is 10.0. The van der Waals surface area contributed by atoms with Gasteiger partial charge in [0.25, 0.3) is 0 Å². The Morgan fingerprint density at radius 2 is 2.00 bits per heavy atom. The largest absolute Gasteiger partial charge is 0.480 e. The summed E-state index contributed by atoms with van der Waals surface area (Å²) in [7, 11) is 0. The second kappa shape index (κ2) is 5.93. The molecule has 0 radical (unpaired) electrons. The van der Waals surface area contributed by atoms with Crippen LogP contribution in [-0.2, 0) is 11.2 Å². The first-order chi connectivity index (χ1) is 9.15. The standard InChI is InChI=1S/C14H19NO4/c1-3-15(4-2)11(14(16)17)7-10-5-6-12-13(8-10)19-9-18-12/h5-6,8,11H,3-4,7,9H2,1-2H3,(H,16,17). The first-order valence-electron chi connectivity index (χ1n) is 6.51. The Hall–Kier alpha value is -1.75. The van der Waals surface area contributed by atoms with Crippen molar-refractivity contribution in [3.05, 3.63) is 23.8 Å². The molecular formula is C14H19NO4. The average Bonchev–Trinajstić information content (AvgIpc) is 2.86. The Labute approximate surface area is 112 Å². The van der Waals surface area contributed by atoms with Crippen LogP contribution in [0.2, 0.25) is 0 Å². The van der Waals surface area contributed by atoms with Gasteiger partial charge in [-0.1, -0.05) is 19.9 Å². The predicted molar refractivity (Wildman–Crippen MR) is 70.6 cm³/mol. The molecule has 5 heteroatoms. The molecule has 1 aromatic rings. The Morgan fingerprint density at radius 3 is 2.63 bits per heavy atom. The molecule has 1 N–H and O–H groups in total. The van der Waals surface area contributed by atoms with Crippen molar-refractivity contribution in [2.75, 3.05) is 19.9 Å². The summed E-state index contributed by atoms with van der Waals surface area (Å²) in [5.74, 6) is 0.626. The molecule has 0 saturated carbocycles. The molecule has 2 rings (SSSR count). The van der Waals surface area contributed by atoms with E-state index in [4.69, 9.17) is 9.47 Å². The summed E-state index contributed by atoms with van der Waals surface area (Å²) in [5, 5.41) is 9.36. The van der Waals surface area contributed by atoms with Crippen molar-refractivity contribution in [1.82, 2.24) is 4.90 Å². The Morgan fingerprint density at radius 1 is 1.32 bits per heavy atom. The molecule has 5 nitrogen and oxygen atoms in total. The van der Waals surface area contributed by atoms with Crippen LogP contribution in [0.25, 0.3) is 0 Å². The predicted octanol–water partition coefficient (Wildman–Crippen LogP) is 1.75. The molecule has 1 unspecified atom stereocenters. The van der Waals surface area contributed by atoms with E-state index in [0.717, 1.165) is 24.4 Å². The number of hydrogen-bond acceptors (Lipinski definition) is 4. The number of nitrogens with zero attached hydrogens (tertiary/aromatic N) is 1. The monoisotopic (exact) mass is 265 g/mol. The van der Waals surface area contributed by atoms with Gasteiger partial charge in [0.1, 0.15) is 6.04 Å². The third kappa shape index (κ3) is 2.98. The first-order valence-corrected chi connectivity index (χ1v) is 6.51. The fraction of sp³-hybridized carbons (Fsp3) is 0.500. The molecule has 0 saturated heterocycles. The third-order valence-electron chi connectivity index (χ3n) is 3.40. The van der Waals surface area contributed by atoms with Gasteiger partial charge in [-0.05, 0) is 37.2 Å². The van der Waals surface area contributed by atoms with E-state index >= 15 is 0 Å². The molecule has 19 heavy (non-hydrogen) atoms. The summed E-state index contributed by atoms with van der Waals surface area (Å²) < 4.78 is 10.6. The van der Waals surface area contributed by atoms with Crippen LogP contribution in [0.4, 0.5) is 0 Å². The van der Waals surface area contributed by atoms with Crippen LogP contribution in [0, 0.1) is 0 Å². The highest BCUT2D eigenvalue weighted by Crippen LogP contribution is 2.33. The number of carbonyl (C=O) groups is 1. The van der Waals surface area contributed by atoms with Gasteiger partial charge in [-0.25, -0.2) is 0 Å². The molecule has 0 aromatic heterocycles. The van der Waals surface area contributed by atoms with Gasteiger partial charge in [0.15, 0.2) is 11.5 Å². The molecule has 1 aliphatic heterocycles. The number of rotatable bonds is 6. The van der Waals surface area contributed by atoms with Crippen molar-refractivity contribution in [3.8, 4) is 11.5 Å². The lowest BCUT2D eigenvalue weighted by Gasteiger charge is -2.26. The normalized spacial score (nSPS) is 14.7. The minimum Gasteiger partial charge on any atom is -0.480 e. The molecule has 1 atom stereocenters. The van der Waals surface area contributed by atoms with Crippen molar-refractivity contribution in [1.29, 1.82) is 0 Å². The molecular weight excluding hydrogens is 246 g/mol. The van der Waals surface area contributed by atoms with E-state index in [1.807, 2.05) is 36.9 Å². The fourth-order valence-electron chi connectivity index (χ4n) is 2.33. The van der Waals surface area contributed by atoms with E-state index in [9.17, 15) is 9.90 Å². The maximum Gasteiger partial charge on any atom is 0.321 e. The Kier molecular flexibility index (Phi) is 4.27. The maximum absolute atomic E-state index is 11.4. The summed E-state index contributed by atoms with van der Waals surface area (Å²) in [6.45, 7) is 5.62. The van der Waals surface area contributed by atoms with Gasteiger partial charge in [-0.3, -0.25) is 9.69 Å². The SMILES string of the molecule is CCN(CC)C(Cc1ccc2c(c1)OCO2)C(=O)O. The molecule has 0 bridgehead atoms. The maximum atomic E-state index is 11.4. The van der Waals surface area contributed by atoms with Crippen LogP contribution in [0.5, 0.6) is 11.5 Å². The summed E-state index contributed by atoms with van der Waals surface area (Å²) in [6, 6.07) is 5.09. The van der Waals surface area contributed by atoms with Gasteiger partial charge in [0.2, 0.25) is 6.79 Å². The van der Waals surface area contributed by atoms with E-state index < -0.39 is 12.0 Å². The van der Waals surface area contributed by atoms with E-state index in [0.29, 0.717) is 12.2 Å². The van der Waals surface area contributed by atoms with Gasteiger partial charge >= 0.3 is 5.97 Å². The third-order valence-corrected chi connectivity index (χ3v) is 3.40. The second-order valence-electron chi connectivity index (χ2n) is 4.47. The van der Waals surface area contributed by atoms with Gasteiger partial charge in [0.05, 0.1) is 0 Å². The summed E-state index contributed by atoms with van der Waals surface area (Å²) in [5.41, 5.74) is 0.948. The zero-order valence-corrected chi connectivity index (χ0v) is 11.3. The van der Waals surface area contributed by atoms with Crippen LogP contribution in [0.3, 0.4) is 0 Å². The molecule has 0 spiro atoms. The number of carboxylic acid groups (broad SMARTS) is 1. The number of hydrogen-bond donors (Lipinski definition) is 1. The highest BCUT2D eigenvalue weighted by Gasteiger charge is 2.24. The minimum absolute atomic E-state index is 0.233. The van der Waals surface area contributed by atoms with E-state index in [1.54, 1.807) is 0 Å². The molecule has 1 aromatic carbocycles. The topological polar surface area (TPSA) is 59.0 Å². The molecule has 0 amide bonds. The van der Waals surface area contributed by atoms with Crippen LogP contribution in [-0.4, -0.2) is 41.9 Å². The Balaban J connectivity index is 2.15. The van der Waals surface area contributed by atoms with Crippen LogP contribution < -0.4 is 9.47 Å². The number of likely N-dealkylation sites (N-methyl/N-ethyl adjacent to an activating group) is 1. The van der Waals surface area contributed by atoms with E-state index in [-0.39, 0.29) is 6.79 Å². The van der Waals surface area contributed by atoms with E-state index in [2.05, 4.69) is 0 Å². The summed E-state index contributed by atoms with van der Waals surface area (Å²) >= 11 is 0. The van der Waals surface area contributed by atoms with Crippen molar-refractivity contribution >= 4 is 5.97 Å². The summed E-state index contributed by atoms with van der Waals surface area (Å²) in [6.07, 6.45) is 0.466. The van der Waals surface area contributed by atoms with Crippen molar-refractivity contribution in [3.63, 3.8) is 0 Å². The lowest BCUT2D eigenvalue weighted by molar-refractivity contribution is -0.143. The number of ether oxygens (including phenoxy) is 2. The number of carboxylic acids is 1. The second-order valence-corrected chi connectivity index (χ2v) is 4.47. The van der Waals surface area contributed by atoms with Gasteiger partial charge in [0, 0.05) is 0 Å². The van der Waals surface area contributed by atoms with Crippen molar-refractivity contribution in [2.45, 2.75) is 26.3 Å². The zero-order valence-electron chi connectivity index (χ0n) is 11.3. The summed E-state index contributed by atoms with van der Waals surface area (Å²) in [4.78, 5) is 13.3. The van der Waals surface area contributed by atoms with Crippen LogP contribution in [0.1, 0.15) is 19.4 Å². The molecule has 1 aliphatic rings. The quantitative estimate of drug-likeness (QED) is 0.849. The highest BCUT2D eigenvalue weighted by molar-refractivity contribution is 5.74. The smallest absolute Gasteiger partial charge is 0.321 e. The molecule has 0 aliphatic carbocycles. The Bertz CT molecular complexity index is 457. The van der Waals surface area contributed by atoms with E-state index in [1.165, 1.54) is 0 Å². The van der Waals surface area contributed by atoms with Gasteiger partial charge in [-0.2, -0.15) is 0 Å². The molecule has 104 valence electrons. The number of aliphatic carboxylic acids is 1. The number of fused-ring (bicyclic) bond motifs is 1. The lowest BCUT2D eigenvalue weighted by Crippen LogP contribution is -2.42. The van der Waals surface area contributed by atoms with Gasteiger partial charge < -0.3 is 14.6 Å². The van der Waals surface area contributed by atoms with Crippen molar-refractivity contribution < 1.29 is 19.4 Å². The van der Waals surface area contributed by atoms with Crippen LogP contribution >= 0.6 is 0 Å². The van der Waals surface area contributed by atoms with Crippen LogP contribution in [0.15, 0.2) is 18.2 Å². The average molecular weight is 265 g/mol. The highest BCUT2D eigenvalue weighted by atomic mass is 16.7. The first kappa shape index (κ1) is 13.7. The van der Waals surface area contributed by atoms with Crippen molar-refractivity contribution in [2.24, 2.45) is 0 Å². The minimum atomic E-state index is -0.790. The number of benzene rings is 1.